The van der Waals surface area contributed by atoms with E-state index in [1.807, 2.05) is 0 Å². The van der Waals surface area contributed by atoms with Crippen molar-refractivity contribution in [2.45, 2.75) is 187 Å². The van der Waals surface area contributed by atoms with Crippen LogP contribution in [0.25, 0.3) is 0 Å². The van der Waals surface area contributed by atoms with Gasteiger partial charge in [0.05, 0.1) is 6.61 Å². The molecule has 0 rings (SSSR count). The van der Waals surface area contributed by atoms with Crippen LogP contribution < -0.4 is 0 Å². The summed E-state index contributed by atoms with van der Waals surface area (Å²) in [6.07, 6.45) is 32.2. The van der Waals surface area contributed by atoms with Crippen molar-refractivity contribution in [2.75, 3.05) is 13.2 Å². The molecule has 0 spiro atoms. The van der Waals surface area contributed by atoms with Gasteiger partial charge >= 0.3 is 19.8 Å². The van der Waals surface area contributed by atoms with Crippen molar-refractivity contribution < 1.29 is 37.9 Å². The van der Waals surface area contributed by atoms with E-state index in [4.69, 9.17) is 19.3 Å². The molecule has 0 aromatic rings. The zero-order valence-corrected chi connectivity index (χ0v) is 29.2. The van der Waals surface area contributed by atoms with Crippen LogP contribution in [0, 0.1) is 0 Å². The first-order chi connectivity index (χ1) is 21.3. The Hall–Kier alpha value is -1.21. The van der Waals surface area contributed by atoms with Crippen molar-refractivity contribution in [3.8, 4) is 0 Å². The Kier molecular flexibility index (Phi) is 30.9. The normalized spacial score (nSPS) is 12.5. The minimum atomic E-state index is -4.74. The van der Waals surface area contributed by atoms with Crippen LogP contribution in [0.3, 0.4) is 0 Å². The van der Waals surface area contributed by atoms with Gasteiger partial charge in [0.1, 0.15) is 6.61 Å². The molecule has 0 aliphatic heterocycles. The molecule has 0 heterocycles. The fourth-order valence-electron chi connectivity index (χ4n) is 5.07. The number of hydrogen-bond acceptors (Lipinski definition) is 6. The summed E-state index contributed by atoms with van der Waals surface area (Å²) >= 11 is 0. The molecule has 1 unspecified atom stereocenters. The number of phosphoric acid groups is 1. The first kappa shape index (κ1) is 42.8. The Labute approximate surface area is 269 Å². The Morgan fingerprint density at radius 2 is 0.955 bits per heavy atom. The Balaban J connectivity index is 3.97. The van der Waals surface area contributed by atoms with Crippen LogP contribution in [0.4, 0.5) is 0 Å². The van der Waals surface area contributed by atoms with Gasteiger partial charge in [-0.05, 0) is 38.5 Å². The summed E-state index contributed by atoms with van der Waals surface area (Å²) in [5, 5.41) is 0. The van der Waals surface area contributed by atoms with E-state index in [-0.39, 0.29) is 19.4 Å². The first-order valence-corrected chi connectivity index (χ1v) is 19.5. The lowest BCUT2D eigenvalue weighted by molar-refractivity contribution is -0.161. The van der Waals surface area contributed by atoms with Crippen LogP contribution in [0.2, 0.25) is 0 Å². The molecule has 0 radical (unpaired) electrons. The number of esters is 2. The quantitative estimate of drug-likeness (QED) is 0.0313. The van der Waals surface area contributed by atoms with Gasteiger partial charge in [0.2, 0.25) is 0 Å². The van der Waals surface area contributed by atoms with Gasteiger partial charge in [0, 0.05) is 12.8 Å². The fraction of sp³-hybridized carbons (Fsp3) is 0.886. The number of phosphoric ester groups is 1. The maximum Gasteiger partial charge on any atom is 0.469 e. The molecule has 260 valence electrons. The lowest BCUT2D eigenvalue weighted by Gasteiger charge is -2.18. The summed E-state index contributed by atoms with van der Waals surface area (Å²) < 4.78 is 26.2. The highest BCUT2D eigenvalue weighted by Gasteiger charge is 2.22. The van der Waals surface area contributed by atoms with E-state index < -0.39 is 32.5 Å². The van der Waals surface area contributed by atoms with E-state index in [2.05, 4.69) is 30.5 Å². The van der Waals surface area contributed by atoms with E-state index in [1.54, 1.807) is 0 Å². The van der Waals surface area contributed by atoms with Crippen LogP contribution in [0.15, 0.2) is 12.2 Å². The van der Waals surface area contributed by atoms with Gasteiger partial charge in [-0.2, -0.15) is 0 Å². The second-order valence-electron chi connectivity index (χ2n) is 12.2. The predicted octanol–water partition coefficient (Wildman–Crippen LogP) is 10.3. The minimum absolute atomic E-state index is 0.215. The SMILES string of the molecule is CCCCCCCCC=CCCCCCCCC(=O)OCC(COP(=O)(O)O)OC(=O)CCCCCCCCCCCCC. The second kappa shape index (κ2) is 31.8. The molecule has 2 N–H and O–H groups in total. The van der Waals surface area contributed by atoms with Gasteiger partial charge in [0.25, 0.3) is 0 Å². The van der Waals surface area contributed by atoms with Gasteiger partial charge in [0.15, 0.2) is 6.10 Å². The Bertz CT molecular complexity index is 736. The maximum absolute atomic E-state index is 12.3. The van der Waals surface area contributed by atoms with Crippen molar-refractivity contribution in [1.82, 2.24) is 0 Å². The van der Waals surface area contributed by atoms with Crippen molar-refractivity contribution in [1.29, 1.82) is 0 Å². The average molecular weight is 647 g/mol. The topological polar surface area (TPSA) is 119 Å². The molecule has 0 saturated heterocycles. The van der Waals surface area contributed by atoms with Crippen molar-refractivity contribution in [3.63, 3.8) is 0 Å². The molecule has 0 aliphatic rings. The van der Waals surface area contributed by atoms with Gasteiger partial charge < -0.3 is 19.3 Å². The number of ether oxygens (including phenoxy) is 2. The third kappa shape index (κ3) is 33.7. The van der Waals surface area contributed by atoms with Crippen LogP contribution in [-0.2, 0) is 28.2 Å². The number of carbonyl (C=O) groups is 2. The average Bonchev–Trinajstić information content (AvgIpc) is 2.98. The number of unbranched alkanes of at least 4 members (excludes halogenated alkanes) is 21. The van der Waals surface area contributed by atoms with E-state index in [0.717, 1.165) is 57.8 Å². The van der Waals surface area contributed by atoms with Crippen LogP contribution >= 0.6 is 7.82 Å². The maximum atomic E-state index is 12.3. The van der Waals surface area contributed by atoms with Crippen LogP contribution in [-0.4, -0.2) is 41.0 Å². The third-order valence-electron chi connectivity index (χ3n) is 7.78. The van der Waals surface area contributed by atoms with Gasteiger partial charge in [-0.25, -0.2) is 4.57 Å². The molecule has 1 atom stereocenters. The zero-order chi connectivity index (χ0) is 32.6. The van der Waals surface area contributed by atoms with Gasteiger partial charge in [-0.1, -0.05) is 142 Å². The highest BCUT2D eigenvalue weighted by atomic mass is 31.2. The molecule has 0 aromatic heterocycles. The molecule has 9 heteroatoms. The number of hydrogen-bond donors (Lipinski definition) is 2. The zero-order valence-electron chi connectivity index (χ0n) is 28.3. The number of carbonyl (C=O) groups excluding carboxylic acids is 2. The molecule has 0 saturated carbocycles. The summed E-state index contributed by atoms with van der Waals surface area (Å²) in [6.45, 7) is 3.65. The molecular weight excluding hydrogens is 579 g/mol. The highest BCUT2D eigenvalue weighted by Crippen LogP contribution is 2.36. The molecule has 44 heavy (non-hydrogen) atoms. The van der Waals surface area contributed by atoms with Gasteiger partial charge in [-0.3, -0.25) is 14.1 Å². The third-order valence-corrected chi connectivity index (χ3v) is 8.27. The fourth-order valence-corrected chi connectivity index (χ4v) is 5.43. The van der Waals surface area contributed by atoms with Crippen LogP contribution in [0.5, 0.6) is 0 Å². The van der Waals surface area contributed by atoms with E-state index in [9.17, 15) is 14.2 Å². The molecule has 8 nitrogen and oxygen atoms in total. The van der Waals surface area contributed by atoms with E-state index in [1.165, 1.54) is 89.9 Å². The second-order valence-corrected chi connectivity index (χ2v) is 13.4. The van der Waals surface area contributed by atoms with Crippen molar-refractivity contribution >= 4 is 19.8 Å². The van der Waals surface area contributed by atoms with Crippen molar-refractivity contribution in [2.24, 2.45) is 0 Å². The number of rotatable bonds is 33. The standard InChI is InChI=1S/C35H67O8P/c1-3-5-7-9-11-13-15-16-17-18-20-21-23-25-27-29-34(36)41-31-33(32-42-44(38,39)40)43-35(37)30-28-26-24-22-19-14-12-10-8-6-4-2/h16-17,33H,3-15,18-32H2,1-2H3,(H2,38,39,40). The molecule has 0 aliphatic carbocycles. The predicted molar refractivity (Wildman–Crippen MR) is 179 cm³/mol. The summed E-state index contributed by atoms with van der Waals surface area (Å²) in [7, 11) is -4.74. The molecule has 0 fully saturated rings. The monoisotopic (exact) mass is 646 g/mol. The van der Waals surface area contributed by atoms with Crippen LogP contribution in [0.1, 0.15) is 181 Å². The summed E-state index contributed by atoms with van der Waals surface area (Å²) in [4.78, 5) is 42.5. The smallest absolute Gasteiger partial charge is 0.462 e. The van der Waals surface area contributed by atoms with E-state index >= 15 is 0 Å². The molecule has 0 bridgehead atoms. The lowest BCUT2D eigenvalue weighted by Crippen LogP contribution is -2.29. The Morgan fingerprint density at radius 1 is 0.568 bits per heavy atom. The van der Waals surface area contributed by atoms with Gasteiger partial charge in [-0.15, -0.1) is 0 Å². The largest absolute Gasteiger partial charge is 0.469 e. The molecular formula is C35H67O8P. The summed E-state index contributed by atoms with van der Waals surface area (Å²) in [5.74, 6) is -0.890. The summed E-state index contributed by atoms with van der Waals surface area (Å²) in [6, 6.07) is 0. The number of allylic oxidation sites excluding steroid dienone is 2. The molecule has 0 amide bonds. The summed E-state index contributed by atoms with van der Waals surface area (Å²) in [5.41, 5.74) is 0. The van der Waals surface area contributed by atoms with E-state index in [0.29, 0.717) is 6.42 Å². The first-order valence-electron chi connectivity index (χ1n) is 18.0. The highest BCUT2D eigenvalue weighted by molar-refractivity contribution is 7.46. The lowest BCUT2D eigenvalue weighted by atomic mass is 10.1. The Morgan fingerprint density at radius 3 is 1.39 bits per heavy atom. The molecule has 0 aromatic carbocycles. The van der Waals surface area contributed by atoms with Crippen molar-refractivity contribution in [3.05, 3.63) is 12.2 Å². The minimum Gasteiger partial charge on any atom is -0.462 e.